The average Bonchev–Trinajstić information content (AvgIpc) is 3.00. The van der Waals surface area contributed by atoms with E-state index in [0.29, 0.717) is 17.7 Å². The molecule has 0 saturated heterocycles. The molecule has 0 aromatic heterocycles. The summed E-state index contributed by atoms with van der Waals surface area (Å²) in [6, 6.07) is 30.6. The van der Waals surface area contributed by atoms with Gasteiger partial charge in [0.25, 0.3) is 5.91 Å². The molecule has 1 amide bonds. The van der Waals surface area contributed by atoms with E-state index in [-0.39, 0.29) is 5.91 Å². The van der Waals surface area contributed by atoms with Crippen LogP contribution in [0.2, 0.25) is 0 Å². The number of hydrogen-bond acceptors (Lipinski definition) is 6. The van der Waals surface area contributed by atoms with Crippen molar-refractivity contribution in [3.8, 4) is 22.6 Å². The summed E-state index contributed by atoms with van der Waals surface area (Å²) in [6.45, 7) is 2.01. The number of amides is 1. The molecule has 4 aromatic rings. The van der Waals surface area contributed by atoms with Crippen LogP contribution in [0.25, 0.3) is 11.1 Å². The van der Waals surface area contributed by atoms with E-state index >= 15 is 0 Å². The van der Waals surface area contributed by atoms with E-state index in [1.807, 2.05) is 85.8 Å². The van der Waals surface area contributed by atoms with Gasteiger partial charge in [-0.25, -0.2) is 4.79 Å². The van der Waals surface area contributed by atoms with Crippen LogP contribution >= 0.6 is 23.9 Å². The van der Waals surface area contributed by atoms with Crippen LogP contribution in [0.1, 0.15) is 33.5 Å². The first-order valence-corrected chi connectivity index (χ1v) is 14.5. The molecular weight excluding hydrogens is 558 g/mol. The summed E-state index contributed by atoms with van der Waals surface area (Å²) in [5, 5.41) is 2.80. The van der Waals surface area contributed by atoms with Crippen molar-refractivity contribution in [1.82, 2.24) is 5.32 Å². The van der Waals surface area contributed by atoms with Crippen LogP contribution < -0.4 is 10.1 Å². The fourth-order valence-electron chi connectivity index (χ4n) is 4.51. The summed E-state index contributed by atoms with van der Waals surface area (Å²) in [4.78, 5) is 25.7. The van der Waals surface area contributed by atoms with Gasteiger partial charge in [0, 0.05) is 11.3 Å². The zero-order chi connectivity index (χ0) is 29.0. The Morgan fingerprint density at radius 2 is 1.54 bits per heavy atom. The molecule has 1 unspecified atom stereocenters. The number of nitrogens with one attached hydrogen (secondary N) is 1. The second-order valence-corrected chi connectivity index (χ2v) is 10.6. The van der Waals surface area contributed by atoms with Gasteiger partial charge in [-0.1, -0.05) is 66.7 Å². The standard InChI is InChI=1S/C33H32ClNO5S/c1-23-9-6-7-14-28(23)30-22-25(16-15-24-10-8-13-27(21-24)39-26-11-4-3-5-12-26)17-18-29(30)32(36)35-31(33(37)40-34)19-20-41-38-2/h3-14,17-18,21-22,31H,15-16,19-20H2,1-2H3,(H,35,36). The van der Waals surface area contributed by atoms with Gasteiger partial charge in [0.1, 0.15) is 29.4 Å². The van der Waals surface area contributed by atoms with Crippen LogP contribution in [0.15, 0.2) is 97.1 Å². The molecule has 0 aliphatic carbocycles. The topological polar surface area (TPSA) is 73.9 Å². The molecule has 0 heterocycles. The van der Waals surface area contributed by atoms with E-state index in [9.17, 15) is 9.59 Å². The number of aryl methyl sites for hydroxylation is 3. The van der Waals surface area contributed by atoms with Crippen molar-refractivity contribution in [3.05, 3.63) is 119 Å². The highest BCUT2D eigenvalue weighted by Gasteiger charge is 2.25. The number of hydrogen-bond donors (Lipinski definition) is 1. The molecule has 0 aliphatic heterocycles. The van der Waals surface area contributed by atoms with E-state index in [2.05, 4.69) is 27.8 Å². The third-order valence-electron chi connectivity index (χ3n) is 6.62. The summed E-state index contributed by atoms with van der Waals surface area (Å²) in [5.74, 6) is 0.962. The molecule has 41 heavy (non-hydrogen) atoms. The zero-order valence-corrected chi connectivity index (χ0v) is 24.5. The normalized spacial score (nSPS) is 11.5. The summed E-state index contributed by atoms with van der Waals surface area (Å²) >= 11 is 6.53. The monoisotopic (exact) mass is 589 g/mol. The smallest absolute Gasteiger partial charge is 0.346 e. The van der Waals surface area contributed by atoms with Crippen molar-refractivity contribution >= 4 is 35.8 Å². The van der Waals surface area contributed by atoms with Gasteiger partial charge in [0.2, 0.25) is 0 Å². The molecule has 0 aliphatic rings. The molecular formula is C33H32ClNO5S. The molecule has 1 N–H and O–H groups in total. The second-order valence-electron chi connectivity index (χ2n) is 9.46. The molecule has 0 fully saturated rings. The molecule has 8 heteroatoms. The maximum atomic E-state index is 13.5. The highest BCUT2D eigenvalue weighted by molar-refractivity contribution is 7.94. The molecule has 0 bridgehead atoms. The van der Waals surface area contributed by atoms with Gasteiger partial charge < -0.3 is 18.5 Å². The third-order valence-corrected chi connectivity index (χ3v) is 7.41. The second kappa shape index (κ2) is 15.3. The highest BCUT2D eigenvalue weighted by Crippen LogP contribution is 2.29. The first-order chi connectivity index (χ1) is 20.0. The van der Waals surface area contributed by atoms with Crippen LogP contribution in [0.5, 0.6) is 11.5 Å². The Morgan fingerprint density at radius 3 is 2.27 bits per heavy atom. The van der Waals surface area contributed by atoms with Crippen LogP contribution in [-0.4, -0.2) is 30.8 Å². The Kier molecular flexibility index (Phi) is 11.3. The molecule has 0 saturated carbocycles. The highest BCUT2D eigenvalue weighted by atomic mass is 35.5. The van der Waals surface area contributed by atoms with Gasteiger partial charge in [-0.05, 0) is 96.4 Å². The van der Waals surface area contributed by atoms with E-state index in [1.54, 1.807) is 7.11 Å². The van der Waals surface area contributed by atoms with Crippen molar-refractivity contribution in [2.75, 3.05) is 12.9 Å². The number of ether oxygens (including phenoxy) is 1. The molecule has 4 aromatic carbocycles. The molecule has 212 valence electrons. The van der Waals surface area contributed by atoms with E-state index < -0.39 is 12.0 Å². The molecule has 0 spiro atoms. The van der Waals surface area contributed by atoms with Crippen LogP contribution in [-0.2, 0) is 26.1 Å². The van der Waals surface area contributed by atoms with Crippen molar-refractivity contribution in [1.29, 1.82) is 0 Å². The summed E-state index contributed by atoms with van der Waals surface area (Å²) in [5.41, 5.74) is 5.48. The average molecular weight is 590 g/mol. The Labute approximate surface area is 250 Å². The van der Waals surface area contributed by atoms with Gasteiger partial charge in [-0.3, -0.25) is 4.79 Å². The van der Waals surface area contributed by atoms with E-state index in [1.165, 1.54) is 12.0 Å². The van der Waals surface area contributed by atoms with Crippen LogP contribution in [0.4, 0.5) is 0 Å². The lowest BCUT2D eigenvalue weighted by atomic mass is 9.92. The minimum atomic E-state index is -0.905. The van der Waals surface area contributed by atoms with Gasteiger partial charge in [0.15, 0.2) is 0 Å². The Balaban J connectivity index is 1.55. The number of halogens is 1. The third kappa shape index (κ3) is 8.60. The molecule has 0 radical (unpaired) electrons. The Hall–Kier alpha value is -3.78. The summed E-state index contributed by atoms with van der Waals surface area (Å²) in [7, 11) is 1.55. The first kappa shape index (κ1) is 30.2. The minimum Gasteiger partial charge on any atom is -0.457 e. The van der Waals surface area contributed by atoms with Crippen molar-refractivity contribution < 1.29 is 22.8 Å². The van der Waals surface area contributed by atoms with E-state index in [0.717, 1.165) is 52.2 Å². The predicted molar refractivity (Wildman–Crippen MR) is 164 cm³/mol. The fraction of sp³-hybridized carbons (Fsp3) is 0.212. The van der Waals surface area contributed by atoms with Crippen LogP contribution in [0, 0.1) is 6.92 Å². The van der Waals surface area contributed by atoms with E-state index in [4.69, 9.17) is 20.8 Å². The Morgan fingerprint density at radius 1 is 0.829 bits per heavy atom. The lowest BCUT2D eigenvalue weighted by Gasteiger charge is -2.18. The molecule has 4 rings (SSSR count). The van der Waals surface area contributed by atoms with Gasteiger partial charge in [-0.2, -0.15) is 0 Å². The molecule has 6 nitrogen and oxygen atoms in total. The minimum absolute atomic E-state index is 0.306. The van der Waals surface area contributed by atoms with Crippen LogP contribution in [0.3, 0.4) is 0 Å². The van der Waals surface area contributed by atoms with Gasteiger partial charge in [0.05, 0.1) is 7.11 Å². The quantitative estimate of drug-likeness (QED) is 0.127. The summed E-state index contributed by atoms with van der Waals surface area (Å²) in [6.07, 6.45) is 1.87. The maximum absolute atomic E-state index is 13.5. The predicted octanol–water partition coefficient (Wildman–Crippen LogP) is 7.72. The summed E-state index contributed by atoms with van der Waals surface area (Å²) < 4.78 is 15.4. The Bertz CT molecular complexity index is 1460. The lowest BCUT2D eigenvalue weighted by Crippen LogP contribution is -2.41. The largest absolute Gasteiger partial charge is 0.457 e. The number of benzene rings is 4. The number of rotatable bonds is 13. The zero-order valence-electron chi connectivity index (χ0n) is 23.0. The number of para-hydroxylation sites is 1. The SMILES string of the molecule is COSCCC(NC(=O)c1ccc(CCc2cccc(Oc3ccccc3)c2)cc1-c1ccccc1C)C(=O)OCl. The van der Waals surface area contributed by atoms with Gasteiger partial charge >= 0.3 is 5.97 Å². The van der Waals surface area contributed by atoms with Crippen molar-refractivity contribution in [3.63, 3.8) is 0 Å². The number of carbonyl (C=O) groups excluding carboxylic acids is 2. The first-order valence-electron chi connectivity index (χ1n) is 13.3. The fourth-order valence-corrected chi connectivity index (χ4v) is 5.11. The van der Waals surface area contributed by atoms with Crippen molar-refractivity contribution in [2.24, 2.45) is 0 Å². The maximum Gasteiger partial charge on any atom is 0.346 e. The lowest BCUT2D eigenvalue weighted by molar-refractivity contribution is -0.136. The van der Waals surface area contributed by atoms with Gasteiger partial charge in [-0.15, -0.1) is 0 Å². The molecule has 1 atom stereocenters. The van der Waals surface area contributed by atoms with Crippen molar-refractivity contribution in [2.45, 2.75) is 32.2 Å². The number of carbonyl (C=O) groups is 2.